The fourth-order valence-corrected chi connectivity index (χ4v) is 1.97. The molecular formula is C11H24O. The van der Waals surface area contributed by atoms with Gasteiger partial charge in [-0.15, -0.1) is 0 Å². The molecule has 1 atom stereocenters. The van der Waals surface area contributed by atoms with Crippen LogP contribution < -0.4 is 0 Å². The van der Waals surface area contributed by atoms with E-state index in [0.717, 1.165) is 12.8 Å². The summed E-state index contributed by atoms with van der Waals surface area (Å²) in [6.07, 6.45) is 1.86. The molecule has 0 rings (SSSR count). The van der Waals surface area contributed by atoms with Gasteiger partial charge >= 0.3 is 0 Å². The maximum absolute atomic E-state index is 10.4. The number of aliphatic hydroxyl groups is 1. The molecule has 0 heterocycles. The van der Waals surface area contributed by atoms with E-state index in [1.165, 1.54) is 0 Å². The van der Waals surface area contributed by atoms with Crippen molar-refractivity contribution in [3.8, 4) is 0 Å². The first-order chi connectivity index (χ1) is 5.31. The van der Waals surface area contributed by atoms with Crippen LogP contribution in [0.3, 0.4) is 0 Å². The summed E-state index contributed by atoms with van der Waals surface area (Å²) in [4.78, 5) is 0. The van der Waals surface area contributed by atoms with Gasteiger partial charge in [0.2, 0.25) is 0 Å². The lowest BCUT2D eigenvalue weighted by atomic mass is 9.66. The molecule has 12 heavy (non-hydrogen) atoms. The van der Waals surface area contributed by atoms with Gasteiger partial charge in [0.15, 0.2) is 0 Å². The standard InChI is InChI=1S/C11H24O/c1-7-10(5,6)11(12,8-2)9(3)4/h9,12H,7-8H2,1-6H3/t11-/m1/s1. The van der Waals surface area contributed by atoms with E-state index in [0.29, 0.717) is 5.92 Å². The molecule has 0 fully saturated rings. The van der Waals surface area contributed by atoms with E-state index in [9.17, 15) is 5.11 Å². The van der Waals surface area contributed by atoms with Gasteiger partial charge in [-0.05, 0) is 24.2 Å². The molecule has 1 nitrogen and oxygen atoms in total. The summed E-state index contributed by atoms with van der Waals surface area (Å²) >= 11 is 0. The first kappa shape index (κ1) is 12.0. The van der Waals surface area contributed by atoms with Crippen LogP contribution in [-0.4, -0.2) is 10.7 Å². The van der Waals surface area contributed by atoms with Crippen LogP contribution in [0.15, 0.2) is 0 Å². The van der Waals surface area contributed by atoms with E-state index in [4.69, 9.17) is 0 Å². The highest BCUT2D eigenvalue weighted by Crippen LogP contribution is 2.41. The Labute approximate surface area is 77.2 Å². The highest BCUT2D eigenvalue weighted by atomic mass is 16.3. The van der Waals surface area contributed by atoms with Crippen LogP contribution in [0, 0.1) is 11.3 Å². The van der Waals surface area contributed by atoms with Gasteiger partial charge in [-0.1, -0.05) is 41.5 Å². The van der Waals surface area contributed by atoms with Crippen LogP contribution in [0.4, 0.5) is 0 Å². The summed E-state index contributed by atoms with van der Waals surface area (Å²) in [5.74, 6) is 0.331. The van der Waals surface area contributed by atoms with E-state index in [-0.39, 0.29) is 5.41 Å². The Morgan fingerprint density at radius 2 is 1.50 bits per heavy atom. The van der Waals surface area contributed by atoms with Crippen LogP contribution in [0.5, 0.6) is 0 Å². The zero-order valence-electron chi connectivity index (χ0n) is 9.44. The molecule has 0 bridgehead atoms. The molecule has 0 radical (unpaired) electrons. The third-order valence-corrected chi connectivity index (χ3v) is 3.55. The van der Waals surface area contributed by atoms with Gasteiger partial charge in [0, 0.05) is 0 Å². The molecule has 0 saturated heterocycles. The second-order valence-electron chi connectivity index (χ2n) is 4.67. The Morgan fingerprint density at radius 3 is 1.58 bits per heavy atom. The fourth-order valence-electron chi connectivity index (χ4n) is 1.97. The Hall–Kier alpha value is -0.0400. The zero-order valence-corrected chi connectivity index (χ0v) is 9.44. The van der Waals surface area contributed by atoms with Crippen LogP contribution in [-0.2, 0) is 0 Å². The molecule has 74 valence electrons. The minimum Gasteiger partial charge on any atom is -0.389 e. The first-order valence-corrected chi connectivity index (χ1v) is 5.04. The van der Waals surface area contributed by atoms with Crippen LogP contribution in [0.1, 0.15) is 54.4 Å². The second kappa shape index (κ2) is 3.78. The Balaban J connectivity index is 4.74. The van der Waals surface area contributed by atoms with Crippen molar-refractivity contribution < 1.29 is 5.11 Å². The predicted molar refractivity (Wildman–Crippen MR) is 54.2 cm³/mol. The normalized spacial score (nSPS) is 18.0. The largest absolute Gasteiger partial charge is 0.389 e. The molecule has 0 aromatic rings. The minimum absolute atomic E-state index is 0.0237. The predicted octanol–water partition coefficient (Wildman–Crippen LogP) is 3.22. The Morgan fingerprint density at radius 1 is 1.08 bits per heavy atom. The van der Waals surface area contributed by atoms with Gasteiger partial charge < -0.3 is 5.11 Å². The fraction of sp³-hybridized carbons (Fsp3) is 1.00. The van der Waals surface area contributed by atoms with E-state index in [2.05, 4.69) is 41.5 Å². The van der Waals surface area contributed by atoms with Crippen LogP contribution in [0.25, 0.3) is 0 Å². The van der Waals surface area contributed by atoms with Crippen molar-refractivity contribution in [3.63, 3.8) is 0 Å². The summed E-state index contributed by atoms with van der Waals surface area (Å²) in [6, 6.07) is 0. The number of rotatable bonds is 4. The Bertz CT molecular complexity index is 138. The number of hydrogen-bond acceptors (Lipinski definition) is 1. The van der Waals surface area contributed by atoms with Crippen molar-refractivity contribution in [1.29, 1.82) is 0 Å². The highest BCUT2D eigenvalue weighted by molar-refractivity contribution is 4.93. The van der Waals surface area contributed by atoms with Crippen molar-refractivity contribution in [2.45, 2.75) is 60.0 Å². The monoisotopic (exact) mass is 172 g/mol. The lowest BCUT2D eigenvalue weighted by Crippen LogP contribution is -2.48. The van der Waals surface area contributed by atoms with Gasteiger partial charge in [0.05, 0.1) is 5.60 Å². The lowest BCUT2D eigenvalue weighted by Gasteiger charge is -2.45. The zero-order chi connectivity index (χ0) is 9.99. The van der Waals surface area contributed by atoms with Gasteiger partial charge in [-0.2, -0.15) is 0 Å². The molecule has 0 aromatic carbocycles. The molecule has 0 aliphatic rings. The maximum atomic E-state index is 10.4. The highest BCUT2D eigenvalue weighted by Gasteiger charge is 2.42. The topological polar surface area (TPSA) is 20.2 Å². The third-order valence-electron chi connectivity index (χ3n) is 3.55. The van der Waals surface area contributed by atoms with Gasteiger partial charge in [0.1, 0.15) is 0 Å². The summed E-state index contributed by atoms with van der Waals surface area (Å²) in [5, 5.41) is 10.4. The molecule has 0 saturated carbocycles. The summed E-state index contributed by atoms with van der Waals surface area (Å²) in [7, 11) is 0. The lowest BCUT2D eigenvalue weighted by molar-refractivity contribution is -0.107. The SMILES string of the molecule is CCC(C)(C)[C@@](O)(CC)C(C)C. The molecule has 0 amide bonds. The second-order valence-corrected chi connectivity index (χ2v) is 4.67. The summed E-state index contributed by atoms with van der Waals surface area (Å²) in [5.41, 5.74) is -0.488. The van der Waals surface area contributed by atoms with Crippen molar-refractivity contribution in [1.82, 2.24) is 0 Å². The van der Waals surface area contributed by atoms with Crippen molar-refractivity contribution in [2.24, 2.45) is 11.3 Å². The average molecular weight is 172 g/mol. The molecule has 1 N–H and O–H groups in total. The van der Waals surface area contributed by atoms with E-state index in [1.54, 1.807) is 0 Å². The molecule has 0 aliphatic carbocycles. The molecule has 1 heteroatoms. The molecule has 0 aromatic heterocycles. The van der Waals surface area contributed by atoms with E-state index < -0.39 is 5.60 Å². The van der Waals surface area contributed by atoms with Gasteiger partial charge in [-0.3, -0.25) is 0 Å². The smallest absolute Gasteiger partial charge is 0.0718 e. The van der Waals surface area contributed by atoms with E-state index >= 15 is 0 Å². The van der Waals surface area contributed by atoms with Crippen molar-refractivity contribution >= 4 is 0 Å². The maximum Gasteiger partial charge on any atom is 0.0718 e. The minimum atomic E-state index is -0.512. The average Bonchev–Trinajstić information content (AvgIpc) is 2.02. The number of hydrogen-bond donors (Lipinski definition) is 1. The first-order valence-electron chi connectivity index (χ1n) is 5.04. The molecule has 0 unspecified atom stereocenters. The van der Waals surface area contributed by atoms with E-state index in [1.807, 2.05) is 0 Å². The molecule has 0 aliphatic heterocycles. The summed E-state index contributed by atoms with van der Waals surface area (Å²) in [6.45, 7) is 12.7. The van der Waals surface area contributed by atoms with Gasteiger partial charge in [-0.25, -0.2) is 0 Å². The van der Waals surface area contributed by atoms with Crippen LogP contribution in [0.2, 0.25) is 0 Å². The summed E-state index contributed by atoms with van der Waals surface area (Å²) < 4.78 is 0. The molecule has 0 spiro atoms. The van der Waals surface area contributed by atoms with Crippen LogP contribution >= 0.6 is 0 Å². The Kier molecular flexibility index (Phi) is 3.77. The quantitative estimate of drug-likeness (QED) is 0.690. The van der Waals surface area contributed by atoms with Crippen molar-refractivity contribution in [3.05, 3.63) is 0 Å². The third kappa shape index (κ3) is 1.82. The molecular weight excluding hydrogens is 148 g/mol. The van der Waals surface area contributed by atoms with Gasteiger partial charge in [0.25, 0.3) is 0 Å². The van der Waals surface area contributed by atoms with Crippen molar-refractivity contribution in [2.75, 3.05) is 0 Å².